The van der Waals surface area contributed by atoms with Crippen LogP contribution < -0.4 is 4.72 Å². The highest BCUT2D eigenvalue weighted by Gasteiger charge is 2.29. The van der Waals surface area contributed by atoms with E-state index in [1.807, 2.05) is 0 Å². The lowest BCUT2D eigenvalue weighted by molar-refractivity contribution is 0.0688. The number of benzene rings is 1. The van der Waals surface area contributed by atoms with E-state index < -0.39 is 16.0 Å². The zero-order valence-corrected chi connectivity index (χ0v) is 14.5. The summed E-state index contributed by atoms with van der Waals surface area (Å²) in [6, 6.07) is 6.10. The van der Waals surface area contributed by atoms with Crippen LogP contribution in [0.25, 0.3) is 16.9 Å². The first-order chi connectivity index (χ1) is 12.4. The van der Waals surface area contributed by atoms with E-state index in [1.165, 1.54) is 23.9 Å². The molecule has 1 aliphatic rings. The first-order valence-corrected chi connectivity index (χ1v) is 9.32. The molecule has 0 saturated carbocycles. The zero-order chi connectivity index (χ0) is 18.5. The van der Waals surface area contributed by atoms with Gasteiger partial charge in [0.15, 0.2) is 5.69 Å². The molecule has 0 fully saturated rings. The molecule has 0 saturated heterocycles. The maximum atomic E-state index is 11.9. The molecule has 9 nitrogen and oxygen atoms in total. The number of aromatic nitrogens is 4. The molecule has 2 heterocycles. The van der Waals surface area contributed by atoms with Crippen molar-refractivity contribution in [3.8, 4) is 16.9 Å². The number of fused-ring (bicyclic) bond motifs is 3. The third kappa shape index (κ3) is 2.42. The van der Waals surface area contributed by atoms with Crippen LogP contribution in [0.15, 0.2) is 35.4 Å². The molecular formula is C16H15N5O4S. The van der Waals surface area contributed by atoms with Crippen LogP contribution >= 0.6 is 0 Å². The van der Waals surface area contributed by atoms with Gasteiger partial charge in [0.05, 0.1) is 22.5 Å². The van der Waals surface area contributed by atoms with E-state index in [4.69, 9.17) is 0 Å². The summed E-state index contributed by atoms with van der Waals surface area (Å²) in [6.45, 7) is 0. The Morgan fingerprint density at radius 2 is 2.00 bits per heavy atom. The summed E-state index contributed by atoms with van der Waals surface area (Å²) in [5.74, 6) is -1.10. The Kier molecular flexibility index (Phi) is 3.67. The summed E-state index contributed by atoms with van der Waals surface area (Å²) in [5.41, 5.74) is 3.61. The van der Waals surface area contributed by atoms with Gasteiger partial charge in [-0.15, -0.1) is 0 Å². The van der Waals surface area contributed by atoms with Crippen molar-refractivity contribution in [1.29, 1.82) is 0 Å². The number of aryl methyl sites for hydroxylation is 1. The van der Waals surface area contributed by atoms with Crippen LogP contribution in [0.2, 0.25) is 0 Å². The third-order valence-corrected chi connectivity index (χ3v) is 5.88. The van der Waals surface area contributed by atoms with Gasteiger partial charge in [0.1, 0.15) is 0 Å². The van der Waals surface area contributed by atoms with Gasteiger partial charge in [-0.2, -0.15) is 10.2 Å². The maximum Gasteiger partial charge on any atom is 0.356 e. The molecule has 26 heavy (non-hydrogen) atoms. The second kappa shape index (κ2) is 5.78. The molecule has 0 radical (unpaired) electrons. The number of carboxylic acid groups (broad SMARTS) is 1. The van der Waals surface area contributed by atoms with E-state index in [-0.39, 0.29) is 10.6 Å². The van der Waals surface area contributed by atoms with Gasteiger partial charge in [0.2, 0.25) is 10.0 Å². The summed E-state index contributed by atoms with van der Waals surface area (Å²) < 4.78 is 27.5. The fraction of sp³-hybridized carbons (Fsp3) is 0.188. The number of aromatic carboxylic acids is 1. The Morgan fingerprint density at radius 1 is 1.27 bits per heavy atom. The van der Waals surface area contributed by atoms with Crippen molar-refractivity contribution in [2.75, 3.05) is 7.05 Å². The number of aromatic amines is 1. The number of H-pyrrole nitrogens is 1. The zero-order valence-electron chi connectivity index (χ0n) is 13.7. The molecule has 1 aromatic carbocycles. The number of nitrogens with one attached hydrogen (secondary N) is 2. The highest BCUT2D eigenvalue weighted by atomic mass is 32.2. The molecule has 0 spiro atoms. The van der Waals surface area contributed by atoms with Crippen molar-refractivity contribution in [3.05, 3.63) is 47.4 Å². The van der Waals surface area contributed by atoms with E-state index in [9.17, 15) is 18.3 Å². The first kappa shape index (κ1) is 16.5. The third-order valence-electron chi connectivity index (χ3n) is 4.44. The molecule has 0 unspecified atom stereocenters. The van der Waals surface area contributed by atoms with E-state index >= 15 is 0 Å². The van der Waals surface area contributed by atoms with Crippen LogP contribution in [-0.2, 0) is 22.9 Å². The summed E-state index contributed by atoms with van der Waals surface area (Å²) in [7, 11) is -2.21. The van der Waals surface area contributed by atoms with Crippen molar-refractivity contribution < 1.29 is 18.3 Å². The summed E-state index contributed by atoms with van der Waals surface area (Å²) in [4.78, 5) is 11.7. The Labute approximate surface area is 148 Å². The SMILES string of the molecule is CNS(=O)(=O)c1ccc(-n2nc(C(=O)O)c3c2-c2cn[nH]c2CC3)cc1. The lowest BCUT2D eigenvalue weighted by Crippen LogP contribution is -2.18. The Bertz CT molecular complexity index is 1110. The largest absolute Gasteiger partial charge is 0.476 e. The standard InChI is InChI=1S/C16H15N5O4S/c1-17-26(24,25)10-4-2-9(3-5-10)21-15-11(14(20-21)16(22)23)6-7-13-12(15)8-18-19-13/h2-5,8,17H,6-7H2,1H3,(H,18,19)(H,22,23). The smallest absolute Gasteiger partial charge is 0.356 e. The second-order valence-electron chi connectivity index (χ2n) is 5.86. The molecule has 0 atom stereocenters. The minimum atomic E-state index is -3.55. The molecule has 2 aromatic heterocycles. The fourth-order valence-electron chi connectivity index (χ4n) is 3.16. The lowest BCUT2D eigenvalue weighted by atomic mass is 9.94. The molecule has 0 aliphatic heterocycles. The fourth-order valence-corrected chi connectivity index (χ4v) is 3.89. The molecule has 10 heteroatoms. The van der Waals surface area contributed by atoms with Crippen molar-refractivity contribution in [3.63, 3.8) is 0 Å². The van der Waals surface area contributed by atoms with E-state index in [0.29, 0.717) is 29.8 Å². The van der Waals surface area contributed by atoms with Crippen molar-refractivity contribution in [2.45, 2.75) is 17.7 Å². The summed E-state index contributed by atoms with van der Waals surface area (Å²) >= 11 is 0. The number of carboxylic acids is 1. The van der Waals surface area contributed by atoms with Gasteiger partial charge in [-0.05, 0) is 44.2 Å². The lowest BCUT2D eigenvalue weighted by Gasteiger charge is -2.14. The minimum absolute atomic E-state index is 0.00114. The topological polar surface area (TPSA) is 130 Å². The van der Waals surface area contributed by atoms with Crippen molar-refractivity contribution >= 4 is 16.0 Å². The normalized spacial score (nSPS) is 13.3. The van der Waals surface area contributed by atoms with Crippen LogP contribution in [0.4, 0.5) is 0 Å². The number of nitrogens with zero attached hydrogens (tertiary/aromatic N) is 3. The van der Waals surface area contributed by atoms with Gasteiger partial charge in [-0.1, -0.05) is 0 Å². The van der Waals surface area contributed by atoms with Gasteiger partial charge < -0.3 is 5.11 Å². The van der Waals surface area contributed by atoms with E-state index in [0.717, 1.165) is 11.3 Å². The number of sulfonamides is 1. The van der Waals surface area contributed by atoms with Gasteiger partial charge in [-0.25, -0.2) is 22.6 Å². The van der Waals surface area contributed by atoms with Crippen LogP contribution in [0, 0.1) is 0 Å². The number of carbonyl (C=O) groups is 1. The van der Waals surface area contributed by atoms with Gasteiger partial charge in [0.25, 0.3) is 0 Å². The Hall–Kier alpha value is -2.98. The molecule has 3 N–H and O–H groups in total. The van der Waals surface area contributed by atoms with Gasteiger partial charge in [-0.3, -0.25) is 5.10 Å². The number of hydrogen-bond acceptors (Lipinski definition) is 5. The van der Waals surface area contributed by atoms with E-state index in [2.05, 4.69) is 20.0 Å². The molecule has 1 aliphatic carbocycles. The maximum absolute atomic E-state index is 11.9. The van der Waals surface area contributed by atoms with Gasteiger partial charge >= 0.3 is 5.97 Å². The molecule has 4 rings (SSSR count). The predicted octanol–water partition coefficient (Wildman–Crippen LogP) is 0.967. The second-order valence-corrected chi connectivity index (χ2v) is 7.74. The predicted molar refractivity (Wildman–Crippen MR) is 91.8 cm³/mol. The monoisotopic (exact) mass is 373 g/mol. The quantitative estimate of drug-likeness (QED) is 0.625. The molecule has 134 valence electrons. The molecule has 0 amide bonds. The number of rotatable bonds is 4. The first-order valence-electron chi connectivity index (χ1n) is 7.84. The molecule has 0 bridgehead atoms. The summed E-state index contributed by atoms with van der Waals surface area (Å²) in [6.07, 6.45) is 2.85. The average molecular weight is 373 g/mol. The Morgan fingerprint density at radius 3 is 2.65 bits per heavy atom. The van der Waals surface area contributed by atoms with E-state index in [1.54, 1.807) is 18.3 Å². The number of hydrogen-bond donors (Lipinski definition) is 3. The van der Waals surface area contributed by atoms with Crippen molar-refractivity contribution in [2.24, 2.45) is 0 Å². The average Bonchev–Trinajstić information content (AvgIpc) is 3.25. The summed E-state index contributed by atoms with van der Waals surface area (Å²) in [5, 5.41) is 20.7. The highest BCUT2D eigenvalue weighted by molar-refractivity contribution is 7.89. The molecular weight excluding hydrogens is 358 g/mol. The van der Waals surface area contributed by atoms with Crippen molar-refractivity contribution in [1.82, 2.24) is 24.7 Å². The van der Waals surface area contributed by atoms with Gasteiger partial charge in [0, 0.05) is 16.8 Å². The Balaban J connectivity index is 1.90. The van der Waals surface area contributed by atoms with Crippen LogP contribution in [-0.4, -0.2) is 46.5 Å². The highest BCUT2D eigenvalue weighted by Crippen LogP contribution is 2.36. The molecule has 3 aromatic rings. The minimum Gasteiger partial charge on any atom is -0.476 e. The van der Waals surface area contributed by atoms with Crippen LogP contribution in [0.5, 0.6) is 0 Å². The van der Waals surface area contributed by atoms with Crippen LogP contribution in [0.3, 0.4) is 0 Å². The van der Waals surface area contributed by atoms with Crippen LogP contribution in [0.1, 0.15) is 21.7 Å².